The summed E-state index contributed by atoms with van der Waals surface area (Å²) in [5, 5.41) is 17.0. The van der Waals surface area contributed by atoms with Gasteiger partial charge in [-0.1, -0.05) is 17.7 Å². The van der Waals surface area contributed by atoms with Crippen molar-refractivity contribution < 1.29 is 8.42 Å². The van der Waals surface area contributed by atoms with Gasteiger partial charge in [0.1, 0.15) is 17.8 Å². The molecule has 0 aliphatic rings. The van der Waals surface area contributed by atoms with Crippen LogP contribution in [0, 0.1) is 11.3 Å². The van der Waals surface area contributed by atoms with Crippen LogP contribution in [0.2, 0.25) is 5.02 Å². The number of nitrogens with zero attached hydrogens (tertiary/aromatic N) is 5. The summed E-state index contributed by atoms with van der Waals surface area (Å²) >= 11 is 5.93. The van der Waals surface area contributed by atoms with Gasteiger partial charge < -0.3 is 0 Å². The SMILES string of the molecule is N#CCN(c1cccc(Cl)c1)S(=O)(=O)c1cccn2cnnc12. The van der Waals surface area contributed by atoms with Crippen LogP contribution < -0.4 is 4.31 Å². The lowest BCUT2D eigenvalue weighted by atomic mass is 10.3. The van der Waals surface area contributed by atoms with Crippen LogP contribution >= 0.6 is 11.6 Å². The van der Waals surface area contributed by atoms with Crippen LogP contribution in [-0.2, 0) is 10.0 Å². The standard InChI is InChI=1S/C14H10ClN5O2S/c15-11-3-1-4-12(9-11)20(8-6-16)23(21,22)13-5-2-7-19-10-17-18-14(13)19/h1-5,7,9-10H,8H2. The Balaban J connectivity index is 2.19. The molecule has 3 aromatic rings. The summed E-state index contributed by atoms with van der Waals surface area (Å²) in [5.74, 6) is 0. The molecule has 3 rings (SSSR count). The van der Waals surface area contributed by atoms with Crippen molar-refractivity contribution in [3.05, 3.63) is 53.9 Å². The predicted octanol–water partition coefficient (Wildman–Crippen LogP) is 2.10. The molecule has 7 nitrogen and oxygen atoms in total. The monoisotopic (exact) mass is 347 g/mol. The quantitative estimate of drug-likeness (QED) is 0.674. The molecule has 0 saturated carbocycles. The molecule has 0 unspecified atom stereocenters. The van der Waals surface area contributed by atoms with E-state index in [0.29, 0.717) is 10.7 Å². The van der Waals surface area contributed by atoms with Gasteiger partial charge in [-0.3, -0.25) is 8.71 Å². The third-order valence-corrected chi connectivity index (χ3v) is 5.20. The van der Waals surface area contributed by atoms with Crippen LogP contribution in [0.5, 0.6) is 0 Å². The van der Waals surface area contributed by atoms with E-state index in [1.165, 1.54) is 22.9 Å². The maximum Gasteiger partial charge on any atom is 0.269 e. The highest BCUT2D eigenvalue weighted by Gasteiger charge is 2.28. The first-order valence-electron chi connectivity index (χ1n) is 6.47. The smallest absolute Gasteiger partial charge is 0.269 e. The Labute approximate surface area is 137 Å². The summed E-state index contributed by atoms with van der Waals surface area (Å²) in [4.78, 5) is -0.0345. The molecule has 116 valence electrons. The predicted molar refractivity (Wildman–Crippen MR) is 84.6 cm³/mol. The molecule has 0 spiro atoms. The number of rotatable bonds is 4. The fraction of sp³-hybridized carbons (Fsp3) is 0.0714. The summed E-state index contributed by atoms with van der Waals surface area (Å²) < 4.78 is 28.5. The van der Waals surface area contributed by atoms with Crippen molar-refractivity contribution in [2.75, 3.05) is 10.8 Å². The Bertz CT molecular complexity index is 1010. The summed E-state index contributed by atoms with van der Waals surface area (Å²) in [5.41, 5.74) is 0.498. The number of aromatic nitrogens is 3. The number of halogens is 1. The number of benzene rings is 1. The minimum absolute atomic E-state index is 0.0345. The molecule has 0 aliphatic carbocycles. The van der Waals surface area contributed by atoms with E-state index >= 15 is 0 Å². The van der Waals surface area contributed by atoms with Crippen LogP contribution in [0.15, 0.2) is 53.8 Å². The first-order chi connectivity index (χ1) is 11.0. The Morgan fingerprint density at radius 3 is 2.87 bits per heavy atom. The molecule has 0 aliphatic heterocycles. The zero-order chi connectivity index (χ0) is 16.4. The molecule has 2 heterocycles. The topological polar surface area (TPSA) is 91.4 Å². The van der Waals surface area contributed by atoms with Crippen LogP contribution in [0.4, 0.5) is 5.69 Å². The lowest BCUT2D eigenvalue weighted by Crippen LogP contribution is -2.31. The summed E-state index contributed by atoms with van der Waals surface area (Å²) in [6.07, 6.45) is 3.05. The molecule has 0 atom stereocenters. The number of sulfonamides is 1. The average Bonchev–Trinajstić information content (AvgIpc) is 3.00. The molecule has 0 fully saturated rings. The Morgan fingerprint density at radius 1 is 1.30 bits per heavy atom. The Kier molecular flexibility index (Phi) is 3.90. The van der Waals surface area contributed by atoms with E-state index < -0.39 is 10.0 Å². The van der Waals surface area contributed by atoms with E-state index in [-0.39, 0.29) is 17.1 Å². The lowest BCUT2D eigenvalue weighted by Gasteiger charge is -2.21. The fourth-order valence-corrected chi connectivity index (χ4v) is 3.82. The molecule has 2 aromatic heterocycles. The zero-order valence-electron chi connectivity index (χ0n) is 11.7. The van der Waals surface area contributed by atoms with Gasteiger partial charge in [-0.05, 0) is 30.3 Å². The van der Waals surface area contributed by atoms with Gasteiger partial charge in [0.15, 0.2) is 5.65 Å². The molecule has 0 amide bonds. The van der Waals surface area contributed by atoms with Crippen LogP contribution in [-0.4, -0.2) is 29.6 Å². The number of hydrogen-bond donors (Lipinski definition) is 0. The number of nitriles is 1. The van der Waals surface area contributed by atoms with Crippen molar-refractivity contribution in [2.24, 2.45) is 0 Å². The molecule has 1 aromatic carbocycles. The molecule has 0 N–H and O–H groups in total. The zero-order valence-corrected chi connectivity index (χ0v) is 13.2. The number of pyridine rings is 1. The van der Waals surface area contributed by atoms with Crippen molar-refractivity contribution in [3.8, 4) is 6.07 Å². The van der Waals surface area contributed by atoms with Crippen molar-refractivity contribution in [3.63, 3.8) is 0 Å². The second kappa shape index (κ2) is 5.87. The van der Waals surface area contributed by atoms with Gasteiger partial charge >= 0.3 is 0 Å². The third-order valence-electron chi connectivity index (χ3n) is 3.17. The minimum Gasteiger partial charge on any atom is -0.288 e. The van der Waals surface area contributed by atoms with Gasteiger partial charge in [0.2, 0.25) is 0 Å². The molecular weight excluding hydrogens is 338 g/mol. The van der Waals surface area contributed by atoms with Gasteiger partial charge in [0.25, 0.3) is 10.0 Å². The van der Waals surface area contributed by atoms with Crippen LogP contribution in [0.1, 0.15) is 0 Å². The summed E-state index contributed by atoms with van der Waals surface area (Å²) in [6.45, 7) is -0.349. The average molecular weight is 348 g/mol. The van der Waals surface area contributed by atoms with Crippen molar-refractivity contribution in [1.29, 1.82) is 5.26 Å². The highest BCUT2D eigenvalue weighted by atomic mass is 35.5. The lowest BCUT2D eigenvalue weighted by molar-refractivity contribution is 0.593. The highest BCUT2D eigenvalue weighted by molar-refractivity contribution is 7.93. The van der Waals surface area contributed by atoms with Gasteiger partial charge in [-0.2, -0.15) is 5.26 Å². The molecule has 0 radical (unpaired) electrons. The maximum atomic E-state index is 13.0. The van der Waals surface area contributed by atoms with Crippen molar-refractivity contribution in [1.82, 2.24) is 14.6 Å². The molecule has 0 bridgehead atoms. The first kappa shape index (κ1) is 15.3. The van der Waals surface area contributed by atoms with Gasteiger partial charge in [0.05, 0.1) is 11.8 Å². The number of hydrogen-bond acceptors (Lipinski definition) is 5. The van der Waals surface area contributed by atoms with Crippen LogP contribution in [0.25, 0.3) is 5.65 Å². The third kappa shape index (κ3) is 2.72. The molecule has 23 heavy (non-hydrogen) atoms. The summed E-state index contributed by atoms with van der Waals surface area (Å²) in [7, 11) is -4.00. The van der Waals surface area contributed by atoms with Crippen molar-refractivity contribution in [2.45, 2.75) is 4.90 Å². The Hall–Kier alpha value is -2.63. The highest BCUT2D eigenvalue weighted by Crippen LogP contribution is 2.27. The second-order valence-corrected chi connectivity index (χ2v) is 6.85. The van der Waals surface area contributed by atoms with E-state index in [1.54, 1.807) is 30.5 Å². The maximum absolute atomic E-state index is 13.0. The fourth-order valence-electron chi connectivity index (χ4n) is 2.16. The van der Waals surface area contributed by atoms with Gasteiger partial charge in [-0.25, -0.2) is 8.42 Å². The van der Waals surface area contributed by atoms with Crippen LogP contribution in [0.3, 0.4) is 0 Å². The Morgan fingerprint density at radius 2 is 2.13 bits per heavy atom. The van der Waals surface area contributed by atoms with Gasteiger partial charge in [0, 0.05) is 11.2 Å². The minimum atomic E-state index is -4.00. The van der Waals surface area contributed by atoms with E-state index in [4.69, 9.17) is 16.9 Å². The number of fused-ring (bicyclic) bond motifs is 1. The van der Waals surface area contributed by atoms with Crippen molar-refractivity contribution >= 4 is 33.0 Å². The molecular formula is C14H10ClN5O2S. The van der Waals surface area contributed by atoms with E-state index in [2.05, 4.69) is 10.2 Å². The molecule has 9 heteroatoms. The van der Waals surface area contributed by atoms with Gasteiger partial charge in [-0.15, -0.1) is 10.2 Å². The molecule has 0 saturated heterocycles. The normalized spacial score (nSPS) is 11.3. The largest absolute Gasteiger partial charge is 0.288 e. The summed E-state index contributed by atoms with van der Waals surface area (Å²) in [6, 6.07) is 11.2. The van der Waals surface area contributed by atoms with E-state index in [9.17, 15) is 8.42 Å². The second-order valence-electron chi connectivity index (χ2n) is 4.58. The number of anilines is 1. The first-order valence-corrected chi connectivity index (χ1v) is 8.29. The van der Waals surface area contributed by atoms with E-state index in [1.807, 2.05) is 6.07 Å². The van der Waals surface area contributed by atoms with E-state index in [0.717, 1.165) is 4.31 Å².